The van der Waals surface area contributed by atoms with E-state index >= 15 is 0 Å². The zero-order valence-corrected chi connectivity index (χ0v) is 15.4. The molecule has 1 aliphatic rings. The number of ether oxygens (including phenoxy) is 1. The van der Waals surface area contributed by atoms with Gasteiger partial charge in [-0.2, -0.15) is 4.80 Å². The van der Waals surface area contributed by atoms with Crippen LogP contribution in [-0.2, 0) is 11.3 Å². The highest BCUT2D eigenvalue weighted by Gasteiger charge is 2.24. The molecule has 0 unspecified atom stereocenters. The third-order valence-electron chi connectivity index (χ3n) is 4.60. The molecule has 10 heteroatoms. The molecule has 3 aromatic rings. The molecular weight excluding hydrogens is 364 g/mol. The molecule has 0 bridgehead atoms. The predicted molar refractivity (Wildman–Crippen MR) is 98.0 cm³/mol. The summed E-state index contributed by atoms with van der Waals surface area (Å²) in [4.78, 5) is 13.8. The highest BCUT2D eigenvalue weighted by molar-refractivity contribution is 5.66. The van der Waals surface area contributed by atoms with Crippen LogP contribution >= 0.6 is 0 Å². The Hall–Kier alpha value is -3.43. The van der Waals surface area contributed by atoms with Gasteiger partial charge in [-0.3, -0.25) is 4.79 Å². The minimum Gasteiger partial charge on any atom is -0.490 e. The minimum atomic E-state index is -1.04. The smallest absolute Gasteiger partial charge is 0.327 e. The molecule has 0 spiro atoms. The number of carboxylic acid groups (broad SMARTS) is 1. The van der Waals surface area contributed by atoms with Gasteiger partial charge in [-0.15, -0.1) is 10.2 Å². The van der Waals surface area contributed by atoms with Crippen molar-refractivity contribution in [3.63, 3.8) is 0 Å². The summed E-state index contributed by atoms with van der Waals surface area (Å²) >= 11 is 0. The summed E-state index contributed by atoms with van der Waals surface area (Å²) in [5.41, 5.74) is 1.13. The number of hydrogen-bond acceptors (Lipinski definition) is 8. The first-order valence-electron chi connectivity index (χ1n) is 9.02. The third kappa shape index (κ3) is 3.95. The van der Waals surface area contributed by atoms with E-state index in [0.29, 0.717) is 11.6 Å². The topological polar surface area (TPSA) is 119 Å². The number of aliphatic carboxylic acids is 1. The summed E-state index contributed by atoms with van der Waals surface area (Å²) in [7, 11) is 0. The zero-order valence-electron chi connectivity index (χ0n) is 15.4. The van der Waals surface area contributed by atoms with E-state index in [2.05, 4.69) is 25.5 Å². The van der Waals surface area contributed by atoms with Crippen LogP contribution in [0.2, 0.25) is 0 Å². The number of aromatic nitrogens is 5. The van der Waals surface area contributed by atoms with Crippen molar-refractivity contribution in [3.8, 4) is 17.3 Å². The van der Waals surface area contributed by atoms with E-state index in [4.69, 9.17) is 14.4 Å². The summed E-state index contributed by atoms with van der Waals surface area (Å²) in [6, 6.07) is 9.76. The standard InChI is InChI=1S/C18H20N6O4/c1-12-4-2-3-5-14(12)27-13-6-8-23(9-7-13)16-10-15(28-21-16)18-19-22-24(20-18)11-17(25)26/h2-5,10,13H,6-9,11H2,1H3,(H,25,26). The Bertz CT molecular complexity index is 960. The Morgan fingerprint density at radius 2 is 2.11 bits per heavy atom. The van der Waals surface area contributed by atoms with Crippen LogP contribution in [0, 0.1) is 6.92 Å². The molecule has 1 aromatic carbocycles. The van der Waals surface area contributed by atoms with Crippen LogP contribution in [0.5, 0.6) is 5.75 Å². The van der Waals surface area contributed by atoms with Crippen LogP contribution in [0.1, 0.15) is 18.4 Å². The lowest BCUT2D eigenvalue weighted by Gasteiger charge is -2.32. The quantitative estimate of drug-likeness (QED) is 0.678. The number of tetrazole rings is 1. The first-order valence-corrected chi connectivity index (χ1v) is 9.02. The lowest BCUT2D eigenvalue weighted by Crippen LogP contribution is -2.38. The Balaban J connectivity index is 1.36. The van der Waals surface area contributed by atoms with E-state index < -0.39 is 5.97 Å². The van der Waals surface area contributed by atoms with Gasteiger partial charge in [0.25, 0.3) is 0 Å². The Labute approximate surface area is 160 Å². The van der Waals surface area contributed by atoms with E-state index in [1.54, 1.807) is 6.07 Å². The fourth-order valence-electron chi connectivity index (χ4n) is 3.12. The second-order valence-electron chi connectivity index (χ2n) is 6.66. The Kier molecular flexibility index (Phi) is 4.92. The summed E-state index contributed by atoms with van der Waals surface area (Å²) in [5.74, 6) is 1.14. The minimum absolute atomic E-state index is 0.168. The lowest BCUT2D eigenvalue weighted by atomic mass is 10.1. The van der Waals surface area contributed by atoms with Gasteiger partial charge in [0.2, 0.25) is 11.6 Å². The first kappa shape index (κ1) is 18.0. The fraction of sp³-hybridized carbons (Fsp3) is 0.389. The number of carbonyl (C=O) groups is 1. The maximum Gasteiger partial charge on any atom is 0.327 e. The number of rotatable bonds is 6. The maximum absolute atomic E-state index is 10.7. The molecule has 1 aliphatic heterocycles. The maximum atomic E-state index is 10.7. The van der Waals surface area contributed by atoms with Crippen LogP contribution in [0.15, 0.2) is 34.9 Å². The zero-order chi connectivity index (χ0) is 19.5. The van der Waals surface area contributed by atoms with Crippen LogP contribution in [0.3, 0.4) is 0 Å². The van der Waals surface area contributed by atoms with Gasteiger partial charge in [0.1, 0.15) is 11.9 Å². The molecule has 10 nitrogen and oxygen atoms in total. The van der Waals surface area contributed by atoms with E-state index in [1.807, 2.05) is 31.2 Å². The predicted octanol–water partition coefficient (Wildman–Crippen LogP) is 1.77. The number of benzene rings is 1. The van der Waals surface area contributed by atoms with Gasteiger partial charge in [0, 0.05) is 32.0 Å². The molecule has 0 aliphatic carbocycles. The van der Waals surface area contributed by atoms with Gasteiger partial charge < -0.3 is 19.3 Å². The molecule has 4 rings (SSSR count). The SMILES string of the molecule is Cc1ccccc1OC1CCN(c2cc(-c3nnn(CC(=O)O)n3)on2)CC1. The highest BCUT2D eigenvalue weighted by Crippen LogP contribution is 2.26. The van der Waals surface area contributed by atoms with Crippen molar-refractivity contribution in [1.29, 1.82) is 0 Å². The monoisotopic (exact) mass is 384 g/mol. The number of anilines is 1. The number of para-hydroxylation sites is 1. The van der Waals surface area contributed by atoms with Gasteiger partial charge in [-0.05, 0) is 23.8 Å². The molecule has 0 atom stereocenters. The Morgan fingerprint density at radius 1 is 1.32 bits per heavy atom. The van der Waals surface area contributed by atoms with Crippen molar-refractivity contribution >= 4 is 11.8 Å². The van der Waals surface area contributed by atoms with Gasteiger partial charge in [0.05, 0.1) is 0 Å². The normalized spacial score (nSPS) is 15.0. The van der Waals surface area contributed by atoms with Crippen molar-refractivity contribution in [3.05, 3.63) is 35.9 Å². The third-order valence-corrected chi connectivity index (χ3v) is 4.60. The first-order chi connectivity index (χ1) is 13.6. The van der Waals surface area contributed by atoms with Crippen molar-refractivity contribution in [2.24, 2.45) is 0 Å². The van der Waals surface area contributed by atoms with Crippen LogP contribution in [0.25, 0.3) is 11.6 Å². The van der Waals surface area contributed by atoms with E-state index in [0.717, 1.165) is 42.0 Å². The molecule has 146 valence electrons. The lowest BCUT2D eigenvalue weighted by molar-refractivity contribution is -0.138. The summed E-state index contributed by atoms with van der Waals surface area (Å²) in [6.45, 7) is 3.27. The molecule has 28 heavy (non-hydrogen) atoms. The fourth-order valence-corrected chi connectivity index (χ4v) is 3.12. The molecular formula is C18H20N6O4. The largest absolute Gasteiger partial charge is 0.490 e. The van der Waals surface area contributed by atoms with Crippen LogP contribution in [-0.4, -0.2) is 55.6 Å². The molecule has 1 N–H and O–H groups in total. The summed E-state index contributed by atoms with van der Waals surface area (Å²) in [5, 5.41) is 24.3. The number of carboxylic acids is 1. The van der Waals surface area contributed by atoms with E-state index in [-0.39, 0.29) is 18.5 Å². The van der Waals surface area contributed by atoms with Gasteiger partial charge in [-0.1, -0.05) is 23.4 Å². The van der Waals surface area contributed by atoms with E-state index in [1.165, 1.54) is 0 Å². The van der Waals surface area contributed by atoms with Gasteiger partial charge in [0.15, 0.2) is 12.4 Å². The molecule has 0 radical (unpaired) electrons. The number of piperidine rings is 1. The average Bonchev–Trinajstić information content (AvgIpc) is 3.33. The van der Waals surface area contributed by atoms with Gasteiger partial charge >= 0.3 is 5.97 Å². The molecule has 0 saturated carbocycles. The van der Waals surface area contributed by atoms with Crippen molar-refractivity contribution in [2.45, 2.75) is 32.4 Å². The second-order valence-corrected chi connectivity index (χ2v) is 6.66. The number of hydrogen-bond donors (Lipinski definition) is 1. The number of nitrogens with zero attached hydrogens (tertiary/aromatic N) is 6. The molecule has 3 heterocycles. The van der Waals surface area contributed by atoms with Crippen LogP contribution < -0.4 is 9.64 Å². The second kappa shape index (κ2) is 7.67. The molecule has 1 fully saturated rings. The number of aryl methyl sites for hydroxylation is 1. The van der Waals surface area contributed by atoms with Crippen molar-refractivity contribution in [2.75, 3.05) is 18.0 Å². The molecule has 2 aromatic heterocycles. The highest BCUT2D eigenvalue weighted by atomic mass is 16.5. The van der Waals surface area contributed by atoms with Gasteiger partial charge in [-0.25, -0.2) is 0 Å². The summed E-state index contributed by atoms with van der Waals surface area (Å²) in [6.07, 6.45) is 1.92. The summed E-state index contributed by atoms with van der Waals surface area (Å²) < 4.78 is 11.4. The van der Waals surface area contributed by atoms with Crippen molar-refractivity contribution < 1.29 is 19.2 Å². The average molecular weight is 384 g/mol. The Morgan fingerprint density at radius 3 is 2.86 bits per heavy atom. The molecule has 1 saturated heterocycles. The van der Waals surface area contributed by atoms with Crippen molar-refractivity contribution in [1.82, 2.24) is 25.4 Å². The van der Waals surface area contributed by atoms with Crippen LogP contribution in [0.4, 0.5) is 5.82 Å². The molecule has 0 amide bonds. The van der Waals surface area contributed by atoms with E-state index in [9.17, 15) is 4.79 Å².